The Hall–Kier alpha value is -1.60. The molecule has 1 aromatic carbocycles. The van der Waals surface area contributed by atoms with E-state index in [1.807, 2.05) is 11.8 Å². The fourth-order valence-corrected chi connectivity index (χ4v) is 2.64. The van der Waals surface area contributed by atoms with Crippen LogP contribution in [0.4, 0.5) is 13.2 Å². The van der Waals surface area contributed by atoms with Gasteiger partial charge < -0.3 is 10.2 Å². The van der Waals surface area contributed by atoms with Gasteiger partial charge in [0.2, 0.25) is 5.91 Å². The van der Waals surface area contributed by atoms with Crippen molar-refractivity contribution in [3.05, 3.63) is 35.9 Å². The maximum absolute atomic E-state index is 12.8. The lowest BCUT2D eigenvalue weighted by molar-refractivity contribution is -0.163. The monoisotopic (exact) mass is 329 g/mol. The second-order valence-electron chi connectivity index (χ2n) is 5.87. The Labute approximate surface area is 134 Å². The first-order valence-electron chi connectivity index (χ1n) is 7.68. The Balaban J connectivity index is 2.04. The number of alkyl halides is 3. The Morgan fingerprint density at radius 3 is 2.65 bits per heavy atom. The minimum atomic E-state index is -4.40. The molecule has 7 heteroatoms. The third kappa shape index (κ3) is 5.84. The molecule has 0 bridgehead atoms. The van der Waals surface area contributed by atoms with E-state index in [9.17, 15) is 18.0 Å². The summed E-state index contributed by atoms with van der Waals surface area (Å²) < 4.78 is 38.4. The van der Waals surface area contributed by atoms with Crippen LogP contribution >= 0.6 is 0 Å². The van der Waals surface area contributed by atoms with Crippen LogP contribution in [0, 0.1) is 0 Å². The number of nitrogens with zero attached hydrogens (tertiary/aromatic N) is 2. The van der Waals surface area contributed by atoms with Crippen molar-refractivity contribution in [2.24, 2.45) is 0 Å². The highest BCUT2D eigenvalue weighted by Crippen LogP contribution is 2.19. The van der Waals surface area contributed by atoms with Crippen LogP contribution in [0.3, 0.4) is 0 Å². The zero-order valence-electron chi connectivity index (χ0n) is 13.1. The molecule has 0 saturated carbocycles. The summed E-state index contributed by atoms with van der Waals surface area (Å²) in [6.07, 6.45) is -4.40. The van der Waals surface area contributed by atoms with Crippen molar-refractivity contribution in [3.8, 4) is 0 Å². The number of benzene rings is 1. The van der Waals surface area contributed by atoms with E-state index in [1.54, 1.807) is 30.3 Å². The maximum Gasteiger partial charge on any atom is 0.406 e. The van der Waals surface area contributed by atoms with Gasteiger partial charge in [0.05, 0.1) is 6.54 Å². The molecule has 1 fully saturated rings. The largest absolute Gasteiger partial charge is 0.406 e. The first kappa shape index (κ1) is 17.7. The highest BCUT2D eigenvalue weighted by atomic mass is 19.4. The molecule has 0 radical (unpaired) electrons. The van der Waals surface area contributed by atoms with Crippen molar-refractivity contribution in [1.82, 2.24) is 15.1 Å². The van der Waals surface area contributed by atoms with Gasteiger partial charge in [0.1, 0.15) is 6.54 Å². The summed E-state index contributed by atoms with van der Waals surface area (Å²) in [4.78, 5) is 15.2. The smallest absolute Gasteiger partial charge is 0.328 e. The molecule has 0 spiro atoms. The van der Waals surface area contributed by atoms with E-state index in [0.717, 1.165) is 18.0 Å². The average Bonchev–Trinajstić information content (AvgIpc) is 2.48. The molecule has 0 aliphatic carbocycles. The molecular formula is C16H22F3N3O. The maximum atomic E-state index is 12.8. The molecule has 1 aliphatic heterocycles. The van der Waals surface area contributed by atoms with Crippen LogP contribution in [0.25, 0.3) is 0 Å². The minimum absolute atomic E-state index is 0.0196. The zero-order valence-corrected chi connectivity index (χ0v) is 13.1. The summed E-state index contributed by atoms with van der Waals surface area (Å²) >= 11 is 0. The van der Waals surface area contributed by atoms with Gasteiger partial charge in [-0.1, -0.05) is 30.3 Å². The van der Waals surface area contributed by atoms with E-state index in [0.29, 0.717) is 12.1 Å². The molecule has 1 amide bonds. The topological polar surface area (TPSA) is 35.6 Å². The fraction of sp³-hybridized carbons (Fsp3) is 0.562. The van der Waals surface area contributed by atoms with Crippen molar-refractivity contribution in [1.29, 1.82) is 0 Å². The molecule has 1 N–H and O–H groups in total. The van der Waals surface area contributed by atoms with E-state index in [4.69, 9.17) is 0 Å². The Morgan fingerprint density at radius 1 is 1.35 bits per heavy atom. The highest BCUT2D eigenvalue weighted by molar-refractivity contribution is 5.78. The van der Waals surface area contributed by atoms with Gasteiger partial charge in [0.15, 0.2) is 0 Å². The molecule has 2 rings (SSSR count). The Bertz CT molecular complexity index is 507. The molecule has 1 atom stereocenters. The van der Waals surface area contributed by atoms with Gasteiger partial charge in [0.25, 0.3) is 0 Å². The number of piperazine rings is 1. The SMILES string of the molecule is C[C@H]1CNCCN1CC(=O)N(Cc1ccccc1)CC(F)(F)F. The molecule has 1 saturated heterocycles. The summed E-state index contributed by atoms with van der Waals surface area (Å²) in [6.45, 7) is 2.89. The van der Waals surface area contributed by atoms with Crippen LogP contribution in [-0.2, 0) is 11.3 Å². The lowest BCUT2D eigenvalue weighted by Crippen LogP contribution is -2.53. The summed E-state index contributed by atoms with van der Waals surface area (Å²) in [5, 5.41) is 3.20. The van der Waals surface area contributed by atoms with Gasteiger partial charge in [-0.15, -0.1) is 0 Å². The van der Waals surface area contributed by atoms with Crippen molar-refractivity contribution in [2.45, 2.75) is 25.7 Å². The second kappa shape index (κ2) is 7.79. The van der Waals surface area contributed by atoms with E-state index in [1.165, 1.54) is 0 Å². The molecule has 1 aromatic rings. The molecule has 1 heterocycles. The lowest BCUT2D eigenvalue weighted by atomic mass is 10.2. The second-order valence-corrected chi connectivity index (χ2v) is 5.87. The molecule has 128 valence electrons. The van der Waals surface area contributed by atoms with E-state index >= 15 is 0 Å². The van der Waals surface area contributed by atoms with Gasteiger partial charge >= 0.3 is 6.18 Å². The van der Waals surface area contributed by atoms with Crippen LogP contribution in [0.15, 0.2) is 30.3 Å². The summed E-state index contributed by atoms with van der Waals surface area (Å²) in [5.74, 6) is -0.486. The number of carbonyl (C=O) groups excluding carboxylic acids is 1. The number of nitrogens with one attached hydrogen (secondary N) is 1. The predicted molar refractivity (Wildman–Crippen MR) is 81.8 cm³/mol. The first-order valence-corrected chi connectivity index (χ1v) is 7.68. The number of hydrogen-bond donors (Lipinski definition) is 1. The van der Waals surface area contributed by atoms with Crippen molar-refractivity contribution in [3.63, 3.8) is 0 Å². The Kier molecular flexibility index (Phi) is 6.01. The molecule has 4 nitrogen and oxygen atoms in total. The van der Waals surface area contributed by atoms with Gasteiger partial charge in [0, 0.05) is 32.2 Å². The standard InChI is InChI=1S/C16H22F3N3O/c1-13-9-20-7-8-21(13)11-15(23)22(12-16(17,18)19)10-14-5-3-2-4-6-14/h2-6,13,20H,7-12H2,1H3/t13-/m0/s1. The summed E-state index contributed by atoms with van der Waals surface area (Å²) in [7, 11) is 0. The number of halogens is 3. The van der Waals surface area contributed by atoms with Gasteiger partial charge in [-0.25, -0.2) is 0 Å². The number of carbonyl (C=O) groups is 1. The predicted octanol–water partition coefficient (Wildman–Crippen LogP) is 1.87. The van der Waals surface area contributed by atoms with Crippen molar-refractivity contribution >= 4 is 5.91 Å². The van der Waals surface area contributed by atoms with Gasteiger partial charge in [-0.3, -0.25) is 9.69 Å². The number of hydrogen-bond acceptors (Lipinski definition) is 3. The van der Waals surface area contributed by atoms with E-state index in [2.05, 4.69) is 5.32 Å². The minimum Gasteiger partial charge on any atom is -0.328 e. The van der Waals surface area contributed by atoms with Crippen molar-refractivity contribution < 1.29 is 18.0 Å². The van der Waals surface area contributed by atoms with Crippen LogP contribution < -0.4 is 5.32 Å². The van der Waals surface area contributed by atoms with Crippen molar-refractivity contribution in [2.75, 3.05) is 32.7 Å². The molecular weight excluding hydrogens is 307 g/mol. The Morgan fingerprint density at radius 2 is 2.04 bits per heavy atom. The van der Waals surface area contributed by atoms with Crippen LogP contribution in [0.2, 0.25) is 0 Å². The zero-order chi connectivity index (χ0) is 16.9. The fourth-order valence-electron chi connectivity index (χ4n) is 2.64. The summed E-state index contributed by atoms with van der Waals surface area (Å²) in [5.41, 5.74) is 0.693. The highest BCUT2D eigenvalue weighted by Gasteiger charge is 2.34. The lowest BCUT2D eigenvalue weighted by Gasteiger charge is -2.35. The third-order valence-electron chi connectivity index (χ3n) is 3.92. The average molecular weight is 329 g/mol. The van der Waals surface area contributed by atoms with Crippen LogP contribution in [-0.4, -0.2) is 60.6 Å². The van der Waals surface area contributed by atoms with E-state index in [-0.39, 0.29) is 19.1 Å². The third-order valence-corrected chi connectivity index (χ3v) is 3.92. The van der Waals surface area contributed by atoms with Crippen LogP contribution in [0.5, 0.6) is 0 Å². The normalized spacial score (nSPS) is 19.6. The molecule has 0 aromatic heterocycles. The molecule has 1 aliphatic rings. The van der Waals surface area contributed by atoms with Gasteiger partial charge in [-0.2, -0.15) is 13.2 Å². The number of rotatable bonds is 5. The summed E-state index contributed by atoms with van der Waals surface area (Å²) in [6, 6.07) is 8.89. The molecule has 23 heavy (non-hydrogen) atoms. The quantitative estimate of drug-likeness (QED) is 0.896. The molecule has 0 unspecified atom stereocenters. The number of amides is 1. The van der Waals surface area contributed by atoms with Crippen LogP contribution in [0.1, 0.15) is 12.5 Å². The van der Waals surface area contributed by atoms with Gasteiger partial charge in [-0.05, 0) is 12.5 Å². The van der Waals surface area contributed by atoms with E-state index < -0.39 is 18.6 Å². The first-order chi connectivity index (χ1) is 10.8.